The number of rotatable bonds is 2. The third kappa shape index (κ3) is 2.91. The van der Waals surface area contributed by atoms with Crippen molar-refractivity contribution in [3.05, 3.63) is 35.4 Å². The highest BCUT2D eigenvalue weighted by molar-refractivity contribution is 5.98. The molecule has 104 valence electrons. The van der Waals surface area contributed by atoms with Crippen molar-refractivity contribution in [1.82, 2.24) is 0 Å². The van der Waals surface area contributed by atoms with Crippen LogP contribution >= 0.6 is 0 Å². The standard InChI is InChI=1S/C18H26O/c1-17(2,3)14-10-8-13(9-11-14)16(19)15-7-6-12-18(15,4)5/h8-11,15H,6-7,12H2,1-5H3. The summed E-state index contributed by atoms with van der Waals surface area (Å²) in [5.41, 5.74) is 2.48. The van der Waals surface area contributed by atoms with Gasteiger partial charge in [-0.25, -0.2) is 0 Å². The van der Waals surface area contributed by atoms with E-state index in [-0.39, 0.29) is 16.7 Å². The summed E-state index contributed by atoms with van der Waals surface area (Å²) in [6.45, 7) is 11.1. The molecule has 0 aromatic heterocycles. The SMILES string of the molecule is CC(C)(C)c1ccc(C(=O)C2CCCC2(C)C)cc1. The molecular formula is C18H26O. The fourth-order valence-corrected chi connectivity index (χ4v) is 3.15. The van der Waals surface area contributed by atoms with Crippen molar-refractivity contribution < 1.29 is 4.79 Å². The fraction of sp³-hybridized carbons (Fsp3) is 0.611. The number of hydrogen-bond donors (Lipinski definition) is 0. The van der Waals surface area contributed by atoms with Crippen LogP contribution in [0.5, 0.6) is 0 Å². The second kappa shape index (κ2) is 4.77. The summed E-state index contributed by atoms with van der Waals surface area (Å²) in [5.74, 6) is 0.538. The Bertz CT molecular complexity index is 459. The Hall–Kier alpha value is -1.11. The molecule has 1 saturated carbocycles. The third-order valence-electron chi connectivity index (χ3n) is 4.61. The lowest BCUT2D eigenvalue weighted by Crippen LogP contribution is -2.26. The van der Waals surface area contributed by atoms with Crippen molar-refractivity contribution in [3.63, 3.8) is 0 Å². The number of hydrogen-bond acceptors (Lipinski definition) is 1. The van der Waals surface area contributed by atoms with Gasteiger partial charge in [0, 0.05) is 11.5 Å². The Labute approximate surface area is 117 Å². The fourth-order valence-electron chi connectivity index (χ4n) is 3.15. The molecule has 1 atom stereocenters. The van der Waals surface area contributed by atoms with E-state index in [1.165, 1.54) is 18.4 Å². The van der Waals surface area contributed by atoms with Crippen molar-refractivity contribution in [2.24, 2.45) is 11.3 Å². The molecule has 1 nitrogen and oxygen atoms in total. The van der Waals surface area contributed by atoms with E-state index in [1.807, 2.05) is 12.1 Å². The maximum atomic E-state index is 12.6. The van der Waals surface area contributed by atoms with Crippen LogP contribution in [0, 0.1) is 11.3 Å². The molecule has 0 N–H and O–H groups in total. The molecule has 0 heterocycles. The lowest BCUT2D eigenvalue weighted by Gasteiger charge is -2.26. The van der Waals surface area contributed by atoms with Crippen molar-refractivity contribution in [1.29, 1.82) is 0 Å². The molecule has 19 heavy (non-hydrogen) atoms. The summed E-state index contributed by atoms with van der Waals surface area (Å²) >= 11 is 0. The Morgan fingerprint density at radius 2 is 1.74 bits per heavy atom. The summed E-state index contributed by atoms with van der Waals surface area (Å²) in [6.07, 6.45) is 3.40. The van der Waals surface area contributed by atoms with Gasteiger partial charge < -0.3 is 0 Å². The summed E-state index contributed by atoms with van der Waals surface area (Å²) in [6, 6.07) is 8.24. The minimum absolute atomic E-state index is 0.147. The average Bonchev–Trinajstić information content (AvgIpc) is 2.67. The van der Waals surface area contributed by atoms with Gasteiger partial charge in [0.25, 0.3) is 0 Å². The molecule has 0 aliphatic heterocycles. The van der Waals surface area contributed by atoms with E-state index in [9.17, 15) is 4.79 Å². The lowest BCUT2D eigenvalue weighted by atomic mass is 9.77. The number of Topliss-reactive ketones (excluding diaryl/α,β-unsaturated/α-hetero) is 1. The van der Waals surface area contributed by atoms with Crippen molar-refractivity contribution in [3.8, 4) is 0 Å². The minimum Gasteiger partial charge on any atom is -0.294 e. The predicted octanol–water partition coefficient (Wildman–Crippen LogP) is 4.99. The molecular weight excluding hydrogens is 232 g/mol. The van der Waals surface area contributed by atoms with Gasteiger partial charge in [-0.05, 0) is 29.2 Å². The molecule has 1 unspecified atom stereocenters. The van der Waals surface area contributed by atoms with Crippen LogP contribution in [-0.4, -0.2) is 5.78 Å². The van der Waals surface area contributed by atoms with E-state index in [0.717, 1.165) is 12.0 Å². The zero-order chi connectivity index (χ0) is 14.3. The van der Waals surface area contributed by atoms with Gasteiger partial charge in [0.1, 0.15) is 0 Å². The number of benzene rings is 1. The molecule has 0 spiro atoms. The second-order valence-electron chi connectivity index (χ2n) is 7.62. The molecule has 0 amide bonds. The average molecular weight is 258 g/mol. The highest BCUT2D eigenvalue weighted by Gasteiger charge is 2.39. The van der Waals surface area contributed by atoms with Gasteiger partial charge in [0.05, 0.1) is 0 Å². The van der Waals surface area contributed by atoms with E-state index in [2.05, 4.69) is 46.8 Å². The van der Waals surface area contributed by atoms with Gasteiger partial charge >= 0.3 is 0 Å². The van der Waals surface area contributed by atoms with Gasteiger partial charge in [-0.2, -0.15) is 0 Å². The Morgan fingerprint density at radius 1 is 1.16 bits per heavy atom. The van der Waals surface area contributed by atoms with Crippen molar-refractivity contribution >= 4 is 5.78 Å². The molecule has 0 saturated heterocycles. The molecule has 0 bridgehead atoms. The highest BCUT2D eigenvalue weighted by atomic mass is 16.1. The summed E-state index contributed by atoms with van der Waals surface area (Å²) < 4.78 is 0. The largest absolute Gasteiger partial charge is 0.294 e. The van der Waals surface area contributed by atoms with Gasteiger partial charge in [0.2, 0.25) is 0 Å². The van der Waals surface area contributed by atoms with Crippen LogP contribution in [0.2, 0.25) is 0 Å². The van der Waals surface area contributed by atoms with E-state index in [1.54, 1.807) is 0 Å². The van der Waals surface area contributed by atoms with Crippen LogP contribution in [0.25, 0.3) is 0 Å². The number of ketones is 1. The molecule has 1 heteroatoms. The van der Waals surface area contributed by atoms with E-state index in [0.29, 0.717) is 5.78 Å². The molecule has 1 aliphatic carbocycles. The van der Waals surface area contributed by atoms with Crippen molar-refractivity contribution in [2.75, 3.05) is 0 Å². The zero-order valence-electron chi connectivity index (χ0n) is 12.9. The topological polar surface area (TPSA) is 17.1 Å². The quantitative estimate of drug-likeness (QED) is 0.683. The first-order valence-electron chi connectivity index (χ1n) is 7.36. The van der Waals surface area contributed by atoms with Crippen LogP contribution in [-0.2, 0) is 5.41 Å². The Balaban J connectivity index is 2.21. The predicted molar refractivity (Wildman–Crippen MR) is 80.6 cm³/mol. The molecule has 0 radical (unpaired) electrons. The Kier molecular flexibility index (Phi) is 3.59. The van der Waals surface area contributed by atoms with Gasteiger partial charge in [0.15, 0.2) is 5.78 Å². The smallest absolute Gasteiger partial charge is 0.166 e. The molecule has 1 fully saturated rings. The van der Waals surface area contributed by atoms with E-state index >= 15 is 0 Å². The maximum absolute atomic E-state index is 12.6. The Morgan fingerprint density at radius 3 is 2.16 bits per heavy atom. The van der Waals surface area contributed by atoms with Gasteiger partial charge in [-0.1, -0.05) is 65.3 Å². The van der Waals surface area contributed by atoms with Crippen molar-refractivity contribution in [2.45, 2.75) is 59.3 Å². The summed E-state index contributed by atoms with van der Waals surface area (Å²) in [5, 5.41) is 0. The summed E-state index contributed by atoms with van der Waals surface area (Å²) in [7, 11) is 0. The normalized spacial score (nSPS) is 22.5. The molecule has 2 rings (SSSR count). The molecule has 1 aliphatic rings. The van der Waals surface area contributed by atoms with Crippen LogP contribution in [0.3, 0.4) is 0 Å². The van der Waals surface area contributed by atoms with Crippen LogP contribution < -0.4 is 0 Å². The first-order chi connectivity index (χ1) is 8.72. The third-order valence-corrected chi connectivity index (χ3v) is 4.61. The van der Waals surface area contributed by atoms with Gasteiger partial charge in [-0.3, -0.25) is 4.79 Å². The highest BCUT2D eigenvalue weighted by Crippen LogP contribution is 2.44. The number of carbonyl (C=O) groups is 1. The zero-order valence-corrected chi connectivity index (χ0v) is 12.9. The second-order valence-corrected chi connectivity index (χ2v) is 7.62. The first-order valence-corrected chi connectivity index (χ1v) is 7.36. The lowest BCUT2D eigenvalue weighted by molar-refractivity contribution is 0.0839. The molecule has 1 aromatic carbocycles. The number of carbonyl (C=O) groups excluding carboxylic acids is 1. The van der Waals surface area contributed by atoms with Crippen LogP contribution in [0.4, 0.5) is 0 Å². The maximum Gasteiger partial charge on any atom is 0.166 e. The van der Waals surface area contributed by atoms with Crippen LogP contribution in [0.15, 0.2) is 24.3 Å². The van der Waals surface area contributed by atoms with Crippen LogP contribution in [0.1, 0.15) is 69.8 Å². The first kappa shape index (κ1) is 14.3. The monoisotopic (exact) mass is 258 g/mol. The van der Waals surface area contributed by atoms with E-state index < -0.39 is 0 Å². The minimum atomic E-state index is 0.147. The van der Waals surface area contributed by atoms with Gasteiger partial charge in [-0.15, -0.1) is 0 Å². The summed E-state index contributed by atoms with van der Waals surface area (Å²) in [4.78, 5) is 12.6. The molecule has 1 aromatic rings. The van der Waals surface area contributed by atoms with E-state index in [4.69, 9.17) is 0 Å².